The summed E-state index contributed by atoms with van der Waals surface area (Å²) in [5, 5.41) is 5.07. The molecule has 2 unspecified atom stereocenters. The van der Waals surface area contributed by atoms with Crippen molar-refractivity contribution in [3.05, 3.63) is 23.9 Å². The minimum atomic E-state index is -4.32. The van der Waals surface area contributed by atoms with Crippen LogP contribution in [0.2, 0.25) is 0 Å². The predicted octanol–water partition coefficient (Wildman–Crippen LogP) is 1.79. The number of carbonyl (C=O) groups is 2. The Kier molecular flexibility index (Phi) is 8.13. The molecule has 4 atom stereocenters. The molecule has 1 saturated carbocycles. The summed E-state index contributed by atoms with van der Waals surface area (Å²) in [5.74, 6) is 0.534. The van der Waals surface area contributed by atoms with Crippen LogP contribution in [0.5, 0.6) is 5.88 Å². The average Bonchev–Trinajstić information content (AvgIpc) is 3.36. The number of halogens is 3. The van der Waals surface area contributed by atoms with E-state index in [1.165, 1.54) is 7.11 Å². The average molecular weight is 459 g/mol. The maximum absolute atomic E-state index is 12.3. The molecule has 0 bridgehead atoms. The number of ether oxygens (including phenoxy) is 2. The summed E-state index contributed by atoms with van der Waals surface area (Å²) in [7, 11) is 1.51. The number of aromatic nitrogens is 1. The maximum atomic E-state index is 12.3. The largest absolute Gasteiger partial charge is 0.481 e. The van der Waals surface area contributed by atoms with Crippen molar-refractivity contribution in [3.8, 4) is 5.88 Å². The lowest BCUT2D eigenvalue weighted by atomic mass is 9.96. The number of alkyl carbamates (subject to hydrolysis) is 1. The number of rotatable bonds is 8. The number of pyridine rings is 1. The summed E-state index contributed by atoms with van der Waals surface area (Å²) < 4.78 is 46.7. The van der Waals surface area contributed by atoms with Crippen molar-refractivity contribution in [2.75, 3.05) is 13.7 Å². The van der Waals surface area contributed by atoms with Crippen molar-refractivity contribution in [1.82, 2.24) is 26.5 Å². The highest BCUT2D eigenvalue weighted by molar-refractivity contribution is 5.78. The Labute approximate surface area is 183 Å². The molecule has 32 heavy (non-hydrogen) atoms. The first-order valence-electron chi connectivity index (χ1n) is 10.5. The van der Waals surface area contributed by atoms with Gasteiger partial charge in [0.05, 0.1) is 26.1 Å². The summed E-state index contributed by atoms with van der Waals surface area (Å²) in [4.78, 5) is 28.0. The first-order chi connectivity index (χ1) is 15.2. The van der Waals surface area contributed by atoms with Crippen LogP contribution < -0.4 is 26.2 Å². The topological polar surface area (TPSA) is 114 Å². The van der Waals surface area contributed by atoms with Crippen molar-refractivity contribution >= 4 is 12.0 Å². The van der Waals surface area contributed by atoms with Gasteiger partial charge in [0.15, 0.2) is 0 Å². The summed E-state index contributed by atoms with van der Waals surface area (Å²) in [6.45, 7) is -0.500. The number of carbonyl (C=O) groups excluding carboxylic acids is 2. The maximum Gasteiger partial charge on any atom is 0.407 e. The van der Waals surface area contributed by atoms with E-state index in [4.69, 9.17) is 9.47 Å². The molecule has 1 aliphatic heterocycles. The van der Waals surface area contributed by atoms with Crippen LogP contribution in [0.1, 0.15) is 37.7 Å². The third-order valence-corrected chi connectivity index (χ3v) is 5.59. The molecule has 0 radical (unpaired) electrons. The van der Waals surface area contributed by atoms with Crippen molar-refractivity contribution in [3.63, 3.8) is 0 Å². The van der Waals surface area contributed by atoms with E-state index in [1.54, 1.807) is 18.3 Å². The van der Waals surface area contributed by atoms with E-state index in [2.05, 4.69) is 26.5 Å². The van der Waals surface area contributed by atoms with Gasteiger partial charge in [-0.2, -0.15) is 13.2 Å². The Morgan fingerprint density at radius 1 is 1.25 bits per heavy atom. The smallest absolute Gasteiger partial charge is 0.407 e. The van der Waals surface area contributed by atoms with Gasteiger partial charge in [-0.1, -0.05) is 0 Å². The van der Waals surface area contributed by atoms with Crippen LogP contribution in [0.4, 0.5) is 18.0 Å². The van der Waals surface area contributed by atoms with Gasteiger partial charge in [-0.15, -0.1) is 0 Å². The standard InChI is InChI=1S/C20H28F3N5O4/c1-31-18-9-12(4-6-24-18)8-17(29)26-16-11-15(27-28-16)13-2-3-14(10-13)32-19(30)25-7-5-20(21,22)23/h4,6,9,13-16,27-28H,2-3,5,7-8,10-11H2,1H3,(H,25,30)(H,26,29)/t13-,14+,15?,16?/m0/s1. The van der Waals surface area contributed by atoms with Gasteiger partial charge < -0.3 is 20.1 Å². The van der Waals surface area contributed by atoms with Gasteiger partial charge in [-0.05, 0) is 43.2 Å². The second-order valence-corrected chi connectivity index (χ2v) is 8.03. The zero-order chi connectivity index (χ0) is 23.1. The zero-order valence-electron chi connectivity index (χ0n) is 17.7. The molecule has 2 fully saturated rings. The van der Waals surface area contributed by atoms with Gasteiger partial charge >= 0.3 is 12.3 Å². The van der Waals surface area contributed by atoms with Gasteiger partial charge in [0, 0.05) is 24.8 Å². The number of hydrazine groups is 1. The van der Waals surface area contributed by atoms with E-state index in [9.17, 15) is 22.8 Å². The second-order valence-electron chi connectivity index (χ2n) is 8.03. The van der Waals surface area contributed by atoms with Gasteiger partial charge in [-0.25, -0.2) is 15.2 Å². The molecule has 9 nitrogen and oxygen atoms in total. The molecule has 3 rings (SSSR count). The molecule has 12 heteroatoms. The van der Waals surface area contributed by atoms with Crippen LogP contribution in [-0.4, -0.2) is 55.1 Å². The Morgan fingerprint density at radius 2 is 2.06 bits per heavy atom. The number of methoxy groups -OCH3 is 1. The number of hydrogen-bond acceptors (Lipinski definition) is 7. The van der Waals surface area contributed by atoms with Crippen LogP contribution in [0, 0.1) is 5.92 Å². The van der Waals surface area contributed by atoms with Crippen LogP contribution in [0.3, 0.4) is 0 Å². The molecule has 178 valence electrons. The molecule has 2 aliphatic rings. The first-order valence-corrected chi connectivity index (χ1v) is 10.5. The van der Waals surface area contributed by atoms with Crippen molar-refractivity contribution < 1.29 is 32.2 Å². The highest BCUT2D eigenvalue weighted by atomic mass is 19.4. The molecule has 0 aromatic carbocycles. The quantitative estimate of drug-likeness (QED) is 0.469. The fourth-order valence-corrected chi connectivity index (χ4v) is 4.03. The minimum Gasteiger partial charge on any atom is -0.481 e. The summed E-state index contributed by atoms with van der Waals surface area (Å²) >= 11 is 0. The Hall–Kier alpha value is -2.60. The van der Waals surface area contributed by atoms with Crippen molar-refractivity contribution in [1.29, 1.82) is 0 Å². The number of amides is 2. The van der Waals surface area contributed by atoms with Gasteiger partial charge in [0.2, 0.25) is 11.8 Å². The van der Waals surface area contributed by atoms with Gasteiger partial charge in [0.1, 0.15) is 6.10 Å². The summed E-state index contributed by atoms with van der Waals surface area (Å²) in [6.07, 6.45) is -2.26. The monoisotopic (exact) mass is 459 g/mol. The predicted molar refractivity (Wildman–Crippen MR) is 107 cm³/mol. The molecule has 2 heterocycles. The van der Waals surface area contributed by atoms with Crippen LogP contribution in [0.25, 0.3) is 0 Å². The van der Waals surface area contributed by atoms with E-state index in [1.807, 2.05) is 0 Å². The van der Waals surface area contributed by atoms with Gasteiger partial charge in [0.25, 0.3) is 0 Å². The molecule has 0 spiro atoms. The molecule has 1 aromatic heterocycles. The Balaban J connectivity index is 1.36. The van der Waals surface area contributed by atoms with Gasteiger partial charge in [-0.3, -0.25) is 10.2 Å². The van der Waals surface area contributed by atoms with Crippen molar-refractivity contribution in [2.45, 2.75) is 63.0 Å². The summed E-state index contributed by atoms with van der Waals surface area (Å²) in [6, 6.07) is 3.55. The number of hydrogen-bond donors (Lipinski definition) is 4. The zero-order valence-corrected chi connectivity index (χ0v) is 17.7. The second kappa shape index (κ2) is 10.8. The third kappa shape index (κ3) is 7.52. The van der Waals surface area contributed by atoms with Crippen LogP contribution >= 0.6 is 0 Å². The Morgan fingerprint density at radius 3 is 2.81 bits per heavy atom. The molecule has 1 saturated heterocycles. The SMILES string of the molecule is COc1cc(CC(=O)NC2CC([C@H]3CC[C@@H](OC(=O)NCCC(F)(F)F)C3)NN2)ccn1. The third-order valence-electron chi connectivity index (χ3n) is 5.59. The molecule has 4 N–H and O–H groups in total. The van der Waals surface area contributed by atoms with E-state index in [-0.39, 0.29) is 36.6 Å². The summed E-state index contributed by atoms with van der Waals surface area (Å²) in [5.41, 5.74) is 7.05. The first kappa shape index (κ1) is 24.1. The molecule has 1 aliphatic carbocycles. The van der Waals surface area contributed by atoms with E-state index in [0.29, 0.717) is 25.1 Å². The number of nitrogens with one attached hydrogen (secondary N) is 4. The normalized spacial score (nSPS) is 25.4. The lowest BCUT2D eigenvalue weighted by molar-refractivity contribution is -0.133. The van der Waals surface area contributed by atoms with Crippen molar-refractivity contribution in [2.24, 2.45) is 5.92 Å². The molecular formula is C20H28F3N5O4. The minimum absolute atomic E-state index is 0.0863. The highest BCUT2D eigenvalue weighted by Crippen LogP contribution is 2.33. The lowest BCUT2D eigenvalue weighted by Gasteiger charge is -2.18. The molecule has 1 aromatic rings. The fraction of sp³-hybridized carbons (Fsp3) is 0.650. The van der Waals surface area contributed by atoms with Crippen LogP contribution in [-0.2, 0) is 16.0 Å². The molecule has 2 amide bonds. The Bertz CT molecular complexity index is 795. The van der Waals surface area contributed by atoms with E-state index in [0.717, 1.165) is 12.0 Å². The van der Waals surface area contributed by atoms with E-state index >= 15 is 0 Å². The lowest BCUT2D eigenvalue weighted by Crippen LogP contribution is -2.45. The van der Waals surface area contributed by atoms with E-state index < -0.39 is 25.2 Å². The number of nitrogens with zero attached hydrogens (tertiary/aromatic N) is 1. The highest BCUT2D eigenvalue weighted by Gasteiger charge is 2.37. The fourth-order valence-electron chi connectivity index (χ4n) is 4.03. The number of alkyl halides is 3. The molecular weight excluding hydrogens is 431 g/mol. The van der Waals surface area contributed by atoms with Crippen LogP contribution in [0.15, 0.2) is 18.3 Å².